The van der Waals surface area contributed by atoms with Crippen LogP contribution in [0.2, 0.25) is 0 Å². The Morgan fingerprint density at radius 2 is 2.28 bits per heavy atom. The molecular formula is C13H19N3OS. The molecule has 0 unspecified atom stereocenters. The van der Waals surface area contributed by atoms with Crippen molar-refractivity contribution in [3.8, 4) is 0 Å². The van der Waals surface area contributed by atoms with Gasteiger partial charge < -0.3 is 10.0 Å². The van der Waals surface area contributed by atoms with E-state index in [-0.39, 0.29) is 6.61 Å². The van der Waals surface area contributed by atoms with Crippen LogP contribution in [0.1, 0.15) is 23.1 Å². The molecule has 18 heavy (non-hydrogen) atoms. The highest BCUT2D eigenvalue weighted by molar-refractivity contribution is 7.09. The second kappa shape index (κ2) is 5.54. The fourth-order valence-corrected chi connectivity index (χ4v) is 2.92. The molecular weight excluding hydrogens is 246 g/mol. The summed E-state index contributed by atoms with van der Waals surface area (Å²) < 4.78 is 1.86. The van der Waals surface area contributed by atoms with Gasteiger partial charge in [0, 0.05) is 24.0 Å². The molecule has 0 aliphatic heterocycles. The van der Waals surface area contributed by atoms with Crippen LogP contribution in [-0.2, 0) is 20.2 Å². The first-order valence-corrected chi connectivity index (χ1v) is 6.96. The van der Waals surface area contributed by atoms with E-state index in [0.717, 1.165) is 30.2 Å². The van der Waals surface area contributed by atoms with Crippen molar-refractivity contribution in [2.24, 2.45) is 7.05 Å². The number of anilines is 1. The molecule has 4 nitrogen and oxygen atoms in total. The van der Waals surface area contributed by atoms with Gasteiger partial charge in [-0.2, -0.15) is 5.10 Å². The molecule has 2 aromatic heterocycles. The molecule has 0 atom stereocenters. The summed E-state index contributed by atoms with van der Waals surface area (Å²) in [4.78, 5) is 3.57. The van der Waals surface area contributed by atoms with Crippen molar-refractivity contribution in [2.75, 3.05) is 11.4 Å². The summed E-state index contributed by atoms with van der Waals surface area (Å²) in [6.07, 6.45) is 0. The van der Waals surface area contributed by atoms with Gasteiger partial charge in [0.25, 0.3) is 0 Å². The maximum Gasteiger partial charge on any atom is 0.132 e. The summed E-state index contributed by atoms with van der Waals surface area (Å²) >= 11 is 1.75. The summed E-state index contributed by atoms with van der Waals surface area (Å²) in [5.74, 6) is 1.02. The summed E-state index contributed by atoms with van der Waals surface area (Å²) in [5, 5.41) is 16.0. The Morgan fingerprint density at radius 3 is 2.83 bits per heavy atom. The van der Waals surface area contributed by atoms with Crippen LogP contribution < -0.4 is 4.90 Å². The van der Waals surface area contributed by atoms with E-state index in [2.05, 4.69) is 34.4 Å². The highest BCUT2D eigenvalue weighted by Gasteiger charge is 2.18. The van der Waals surface area contributed by atoms with Crippen molar-refractivity contribution in [2.45, 2.75) is 27.0 Å². The monoisotopic (exact) mass is 265 g/mol. The Balaban J connectivity index is 2.32. The maximum atomic E-state index is 9.51. The Bertz CT molecular complexity index is 505. The van der Waals surface area contributed by atoms with Gasteiger partial charge in [0.1, 0.15) is 5.82 Å². The summed E-state index contributed by atoms with van der Waals surface area (Å²) in [6.45, 7) is 5.85. The van der Waals surface area contributed by atoms with Gasteiger partial charge >= 0.3 is 0 Å². The molecule has 0 aliphatic carbocycles. The van der Waals surface area contributed by atoms with Crippen molar-refractivity contribution < 1.29 is 5.11 Å². The zero-order valence-electron chi connectivity index (χ0n) is 11.1. The number of aryl methyl sites for hydroxylation is 2. The number of hydrogen-bond acceptors (Lipinski definition) is 4. The molecule has 0 bridgehead atoms. The fraction of sp³-hybridized carbons (Fsp3) is 0.462. The Morgan fingerprint density at radius 1 is 1.50 bits per heavy atom. The lowest BCUT2D eigenvalue weighted by Gasteiger charge is -2.23. The Kier molecular flexibility index (Phi) is 4.04. The second-order valence-corrected chi connectivity index (χ2v) is 5.30. The van der Waals surface area contributed by atoms with E-state index in [4.69, 9.17) is 0 Å². The van der Waals surface area contributed by atoms with Crippen LogP contribution in [0.3, 0.4) is 0 Å². The van der Waals surface area contributed by atoms with Gasteiger partial charge in [-0.25, -0.2) is 0 Å². The van der Waals surface area contributed by atoms with E-state index in [1.807, 2.05) is 18.7 Å². The second-order valence-electron chi connectivity index (χ2n) is 4.26. The topological polar surface area (TPSA) is 41.3 Å². The Labute approximate surface area is 111 Å². The third-order valence-corrected chi connectivity index (χ3v) is 3.94. The van der Waals surface area contributed by atoms with E-state index < -0.39 is 0 Å². The zero-order valence-corrected chi connectivity index (χ0v) is 11.9. The first kappa shape index (κ1) is 13.1. The average molecular weight is 265 g/mol. The van der Waals surface area contributed by atoms with Crippen LogP contribution in [0.5, 0.6) is 0 Å². The van der Waals surface area contributed by atoms with E-state index >= 15 is 0 Å². The van der Waals surface area contributed by atoms with Crippen LogP contribution >= 0.6 is 11.3 Å². The highest BCUT2D eigenvalue weighted by atomic mass is 32.1. The minimum absolute atomic E-state index is 0.0376. The quantitative estimate of drug-likeness (QED) is 0.902. The van der Waals surface area contributed by atoms with Gasteiger partial charge in [-0.1, -0.05) is 6.07 Å². The Hall–Kier alpha value is -1.33. The van der Waals surface area contributed by atoms with E-state index in [1.54, 1.807) is 11.3 Å². The van der Waals surface area contributed by atoms with Crippen molar-refractivity contribution in [1.29, 1.82) is 0 Å². The number of aliphatic hydroxyl groups is 1. The number of thiophene rings is 1. The number of hydrogen-bond donors (Lipinski definition) is 1. The van der Waals surface area contributed by atoms with Crippen molar-refractivity contribution in [3.05, 3.63) is 33.6 Å². The number of aliphatic hydroxyl groups excluding tert-OH is 1. The molecule has 0 radical (unpaired) electrons. The summed E-state index contributed by atoms with van der Waals surface area (Å²) in [7, 11) is 1.93. The normalized spacial score (nSPS) is 10.9. The van der Waals surface area contributed by atoms with Crippen LogP contribution in [0.4, 0.5) is 5.82 Å². The van der Waals surface area contributed by atoms with Crippen LogP contribution in [-0.4, -0.2) is 21.4 Å². The van der Waals surface area contributed by atoms with Crippen molar-refractivity contribution in [1.82, 2.24) is 9.78 Å². The van der Waals surface area contributed by atoms with Crippen LogP contribution in [0.25, 0.3) is 0 Å². The molecule has 98 valence electrons. The van der Waals surface area contributed by atoms with Crippen LogP contribution in [0.15, 0.2) is 17.5 Å². The molecule has 2 aromatic rings. The third kappa shape index (κ3) is 2.42. The first-order valence-electron chi connectivity index (χ1n) is 6.08. The van der Waals surface area contributed by atoms with Gasteiger partial charge in [-0.3, -0.25) is 4.68 Å². The van der Waals surface area contributed by atoms with Gasteiger partial charge in [0.15, 0.2) is 0 Å². The lowest BCUT2D eigenvalue weighted by molar-refractivity contribution is 0.281. The van der Waals surface area contributed by atoms with E-state index in [1.165, 1.54) is 4.88 Å². The van der Waals surface area contributed by atoms with Gasteiger partial charge in [-0.05, 0) is 25.3 Å². The predicted molar refractivity (Wildman–Crippen MR) is 74.9 cm³/mol. The molecule has 0 saturated carbocycles. The molecule has 0 aliphatic rings. The molecule has 0 saturated heterocycles. The van der Waals surface area contributed by atoms with Gasteiger partial charge in [0.2, 0.25) is 0 Å². The molecule has 2 rings (SSSR count). The SMILES string of the molecule is CCN(Cc1cccs1)c1c(CO)c(C)nn1C. The molecule has 0 amide bonds. The van der Waals surface area contributed by atoms with Gasteiger partial charge in [-0.15, -0.1) is 11.3 Å². The lowest BCUT2D eigenvalue weighted by Crippen LogP contribution is -2.25. The zero-order chi connectivity index (χ0) is 13.1. The minimum atomic E-state index is 0.0376. The first-order chi connectivity index (χ1) is 8.67. The summed E-state index contributed by atoms with van der Waals surface area (Å²) in [5.41, 5.74) is 1.83. The van der Waals surface area contributed by atoms with Crippen molar-refractivity contribution >= 4 is 17.2 Å². The molecule has 0 fully saturated rings. The molecule has 0 spiro atoms. The number of rotatable bonds is 5. The molecule has 0 aromatic carbocycles. The lowest BCUT2D eigenvalue weighted by atomic mass is 10.2. The number of nitrogens with zero attached hydrogens (tertiary/aromatic N) is 3. The fourth-order valence-electron chi connectivity index (χ4n) is 2.20. The van der Waals surface area contributed by atoms with E-state index in [0.29, 0.717) is 0 Å². The molecule has 1 N–H and O–H groups in total. The van der Waals surface area contributed by atoms with E-state index in [9.17, 15) is 5.11 Å². The third-order valence-electron chi connectivity index (χ3n) is 3.08. The molecule has 2 heterocycles. The van der Waals surface area contributed by atoms with Crippen LogP contribution in [0, 0.1) is 6.92 Å². The predicted octanol–water partition coefficient (Wildman–Crippen LogP) is 2.31. The van der Waals surface area contributed by atoms with Crippen molar-refractivity contribution in [3.63, 3.8) is 0 Å². The summed E-state index contributed by atoms with van der Waals surface area (Å²) in [6, 6.07) is 4.20. The smallest absolute Gasteiger partial charge is 0.132 e. The molecule has 5 heteroatoms. The minimum Gasteiger partial charge on any atom is -0.391 e. The average Bonchev–Trinajstić information content (AvgIpc) is 2.94. The number of aromatic nitrogens is 2. The largest absolute Gasteiger partial charge is 0.391 e. The van der Waals surface area contributed by atoms with Gasteiger partial charge in [0.05, 0.1) is 18.8 Å². The highest BCUT2D eigenvalue weighted by Crippen LogP contribution is 2.25. The maximum absolute atomic E-state index is 9.51. The standard InChI is InChI=1S/C13H19N3OS/c1-4-16(8-11-6-5-7-18-11)13-12(9-17)10(2)14-15(13)3/h5-7,17H,4,8-9H2,1-3H3.